The van der Waals surface area contributed by atoms with Crippen molar-refractivity contribution in [3.8, 4) is 11.8 Å². The molecule has 0 aliphatic carbocycles. The van der Waals surface area contributed by atoms with Gasteiger partial charge in [-0.15, -0.1) is 0 Å². The van der Waals surface area contributed by atoms with Gasteiger partial charge in [0.05, 0.1) is 25.3 Å². The SMILES string of the molecule is Cc1cc(N2CCN(c3ccc(C(=O)Nc4ccc(C#N)cn4)cc3)CC2)ccc1OC[C@@H]1CO[C@@](Cn2cncn2)(c2ccc(F)cc2F)C1. The molecule has 51 heavy (non-hydrogen) atoms. The quantitative estimate of drug-likeness (QED) is 0.196. The highest BCUT2D eigenvalue weighted by Gasteiger charge is 2.44. The minimum absolute atomic E-state index is 0.0202. The molecule has 0 unspecified atom stereocenters. The summed E-state index contributed by atoms with van der Waals surface area (Å²) in [4.78, 5) is 25.4. The van der Waals surface area contributed by atoms with Crippen molar-refractivity contribution in [3.63, 3.8) is 0 Å². The Morgan fingerprint density at radius 3 is 2.45 bits per heavy atom. The number of amides is 1. The Bertz CT molecular complexity index is 2030. The molecular weight excluding hydrogens is 654 g/mol. The molecule has 1 amide bonds. The molecule has 11 nitrogen and oxygen atoms in total. The molecule has 2 saturated heterocycles. The summed E-state index contributed by atoms with van der Waals surface area (Å²) in [6, 6.07) is 22.5. The fourth-order valence-electron chi connectivity index (χ4n) is 6.76. The van der Waals surface area contributed by atoms with Gasteiger partial charge in [0, 0.05) is 66.9 Å². The van der Waals surface area contributed by atoms with Gasteiger partial charge in [0.25, 0.3) is 5.91 Å². The lowest BCUT2D eigenvalue weighted by molar-refractivity contribution is -0.0206. The first-order chi connectivity index (χ1) is 24.8. The number of rotatable bonds is 10. The summed E-state index contributed by atoms with van der Waals surface area (Å²) >= 11 is 0. The summed E-state index contributed by atoms with van der Waals surface area (Å²) in [5.74, 6) is -0.410. The zero-order chi connectivity index (χ0) is 35.4. The number of hydrogen-bond acceptors (Lipinski definition) is 9. The summed E-state index contributed by atoms with van der Waals surface area (Å²) < 4.78 is 42.9. The molecule has 1 N–H and O–H groups in total. The Balaban J connectivity index is 0.922. The summed E-state index contributed by atoms with van der Waals surface area (Å²) in [7, 11) is 0. The molecule has 2 aliphatic rings. The minimum atomic E-state index is -1.03. The van der Waals surface area contributed by atoms with Gasteiger partial charge in [0.1, 0.15) is 47.5 Å². The maximum absolute atomic E-state index is 15.0. The molecule has 2 aromatic heterocycles. The van der Waals surface area contributed by atoms with Crippen molar-refractivity contribution < 1.29 is 23.0 Å². The number of aromatic nitrogens is 4. The Kier molecular flexibility index (Phi) is 9.59. The molecule has 7 rings (SSSR count). The van der Waals surface area contributed by atoms with Crippen LogP contribution in [0.3, 0.4) is 0 Å². The van der Waals surface area contributed by atoms with Gasteiger partial charge in [-0.1, -0.05) is 6.07 Å². The van der Waals surface area contributed by atoms with Crippen molar-refractivity contribution in [2.24, 2.45) is 5.92 Å². The Labute approximate surface area is 294 Å². The number of ether oxygens (including phenoxy) is 2. The van der Waals surface area contributed by atoms with E-state index in [1.165, 1.54) is 24.7 Å². The van der Waals surface area contributed by atoms with E-state index < -0.39 is 17.2 Å². The van der Waals surface area contributed by atoms with Gasteiger partial charge in [-0.2, -0.15) is 10.4 Å². The van der Waals surface area contributed by atoms with Gasteiger partial charge in [-0.3, -0.25) is 4.79 Å². The van der Waals surface area contributed by atoms with Crippen molar-refractivity contribution in [1.29, 1.82) is 5.26 Å². The molecule has 2 fully saturated rings. The molecule has 0 bridgehead atoms. The molecule has 0 spiro atoms. The van der Waals surface area contributed by atoms with Gasteiger partial charge in [0.15, 0.2) is 0 Å². The second-order valence-electron chi connectivity index (χ2n) is 12.9. The van der Waals surface area contributed by atoms with E-state index in [0.717, 1.165) is 54.9 Å². The van der Waals surface area contributed by atoms with Crippen molar-refractivity contribution in [1.82, 2.24) is 19.7 Å². The van der Waals surface area contributed by atoms with E-state index in [2.05, 4.69) is 42.3 Å². The zero-order valence-corrected chi connectivity index (χ0v) is 28.0. The number of halogens is 2. The first kappa shape index (κ1) is 33.6. The fourth-order valence-corrected chi connectivity index (χ4v) is 6.76. The van der Waals surface area contributed by atoms with Crippen LogP contribution in [-0.2, 0) is 16.9 Å². The van der Waals surface area contributed by atoms with Crippen molar-refractivity contribution in [2.75, 3.05) is 54.5 Å². The van der Waals surface area contributed by atoms with Crippen LogP contribution >= 0.6 is 0 Å². The predicted octanol–water partition coefficient (Wildman–Crippen LogP) is 5.72. The third-order valence-corrected chi connectivity index (χ3v) is 9.43. The van der Waals surface area contributed by atoms with Gasteiger partial charge >= 0.3 is 0 Å². The number of pyridine rings is 1. The number of carbonyl (C=O) groups excluding carboxylic acids is 1. The summed E-state index contributed by atoms with van der Waals surface area (Å²) in [5.41, 5.74) is 3.39. The maximum Gasteiger partial charge on any atom is 0.256 e. The number of nitrogens with zero attached hydrogens (tertiary/aromatic N) is 7. The molecule has 0 saturated carbocycles. The highest BCUT2D eigenvalue weighted by Crippen LogP contribution is 2.42. The molecule has 2 atom stereocenters. The van der Waals surface area contributed by atoms with E-state index in [9.17, 15) is 9.18 Å². The lowest BCUT2D eigenvalue weighted by Crippen LogP contribution is -2.46. The highest BCUT2D eigenvalue weighted by atomic mass is 19.1. The van der Waals surface area contributed by atoms with Crippen LogP contribution < -0.4 is 19.9 Å². The highest BCUT2D eigenvalue weighted by molar-refractivity contribution is 6.03. The van der Waals surface area contributed by atoms with E-state index in [1.807, 2.05) is 31.2 Å². The largest absolute Gasteiger partial charge is 0.493 e. The Hall–Kier alpha value is -5.87. The molecule has 13 heteroatoms. The van der Waals surface area contributed by atoms with Gasteiger partial charge in [0.2, 0.25) is 0 Å². The Morgan fingerprint density at radius 2 is 1.78 bits per heavy atom. The number of anilines is 3. The molecule has 2 aliphatic heterocycles. The van der Waals surface area contributed by atoms with Crippen molar-refractivity contribution in [3.05, 3.63) is 126 Å². The van der Waals surface area contributed by atoms with Crippen LogP contribution in [0.1, 0.15) is 33.5 Å². The van der Waals surface area contributed by atoms with Crippen LogP contribution in [0.4, 0.5) is 26.0 Å². The second-order valence-corrected chi connectivity index (χ2v) is 12.9. The van der Waals surface area contributed by atoms with E-state index in [4.69, 9.17) is 14.7 Å². The maximum atomic E-state index is 15.0. The number of nitriles is 1. The number of carbonyl (C=O) groups is 1. The number of benzene rings is 3. The number of hydrogen-bond donors (Lipinski definition) is 1. The zero-order valence-electron chi connectivity index (χ0n) is 28.0. The monoisotopic (exact) mass is 690 g/mol. The number of nitrogens with one attached hydrogen (secondary N) is 1. The molecule has 4 heterocycles. The lowest BCUT2D eigenvalue weighted by atomic mass is 9.87. The summed E-state index contributed by atoms with van der Waals surface area (Å²) in [6.45, 7) is 6.33. The summed E-state index contributed by atoms with van der Waals surface area (Å²) in [5, 5.41) is 15.9. The van der Waals surface area contributed by atoms with Crippen LogP contribution in [-0.4, -0.2) is 65.0 Å². The van der Waals surface area contributed by atoms with Crippen LogP contribution in [0.2, 0.25) is 0 Å². The Morgan fingerprint density at radius 1 is 1.02 bits per heavy atom. The van der Waals surface area contributed by atoms with Crippen molar-refractivity contribution in [2.45, 2.75) is 25.5 Å². The number of piperazine rings is 1. The standard InChI is InChI=1S/C38H36F2N8O3/c1-26-16-32(47-14-12-46(13-15-47)31-6-3-29(4-7-31)37(49)45-36-11-2-27(19-41)20-43-36)8-10-35(26)50-21-28-18-38(51-22-28,23-48-25-42-24-44-48)33-9-5-30(39)17-34(33)40/h2-11,16-17,20,24-25,28H,12-15,18,21-23H2,1H3,(H,43,45,49)/t28-,38+/m1/s1. The minimum Gasteiger partial charge on any atom is -0.493 e. The van der Waals surface area contributed by atoms with Gasteiger partial charge in [-0.05, 0) is 79.6 Å². The first-order valence-corrected chi connectivity index (χ1v) is 16.7. The van der Waals surface area contributed by atoms with Crippen molar-refractivity contribution >= 4 is 23.1 Å². The van der Waals surface area contributed by atoms with E-state index >= 15 is 4.39 Å². The van der Waals surface area contributed by atoms with Crippen LogP contribution in [0.25, 0.3) is 0 Å². The van der Waals surface area contributed by atoms with E-state index in [-0.39, 0.29) is 18.4 Å². The van der Waals surface area contributed by atoms with Gasteiger partial charge in [-0.25, -0.2) is 23.4 Å². The topological polar surface area (TPSA) is 121 Å². The average molecular weight is 691 g/mol. The first-order valence-electron chi connectivity index (χ1n) is 16.7. The van der Waals surface area contributed by atoms with Crippen LogP contribution in [0.5, 0.6) is 5.75 Å². The molecule has 260 valence electrons. The summed E-state index contributed by atoms with van der Waals surface area (Å²) in [6.07, 6.45) is 4.87. The molecular formula is C38H36F2N8O3. The van der Waals surface area contributed by atoms with Gasteiger partial charge < -0.3 is 24.6 Å². The number of aryl methyl sites for hydroxylation is 1. The third-order valence-electron chi connectivity index (χ3n) is 9.43. The fraction of sp³-hybridized carbons (Fsp3) is 0.289. The van der Waals surface area contributed by atoms with E-state index in [0.29, 0.717) is 42.1 Å². The van der Waals surface area contributed by atoms with Crippen LogP contribution in [0.15, 0.2) is 91.6 Å². The molecule has 3 aromatic carbocycles. The smallest absolute Gasteiger partial charge is 0.256 e. The normalized spacial score (nSPS) is 18.7. The third kappa shape index (κ3) is 7.51. The second kappa shape index (κ2) is 14.5. The van der Waals surface area contributed by atoms with Crippen LogP contribution in [0, 0.1) is 35.8 Å². The molecule has 0 radical (unpaired) electrons. The lowest BCUT2D eigenvalue weighted by Gasteiger charge is -2.37. The van der Waals surface area contributed by atoms with E-state index in [1.54, 1.807) is 35.3 Å². The molecule has 5 aromatic rings. The predicted molar refractivity (Wildman–Crippen MR) is 187 cm³/mol. The average Bonchev–Trinajstić information content (AvgIpc) is 3.82.